The lowest BCUT2D eigenvalue weighted by atomic mass is 9.85. The molecular formula is C18H30N2O. The van der Waals surface area contributed by atoms with E-state index in [1.807, 2.05) is 12.1 Å². The fourth-order valence-electron chi connectivity index (χ4n) is 3.30. The Labute approximate surface area is 129 Å². The Hall–Kier alpha value is -1.06. The van der Waals surface area contributed by atoms with Crippen molar-refractivity contribution in [2.75, 3.05) is 20.2 Å². The van der Waals surface area contributed by atoms with Crippen LogP contribution in [0.1, 0.15) is 45.2 Å². The molecule has 0 amide bonds. The van der Waals surface area contributed by atoms with Gasteiger partial charge in [0.05, 0.1) is 7.11 Å². The molecule has 3 nitrogen and oxygen atoms in total. The van der Waals surface area contributed by atoms with E-state index in [-0.39, 0.29) is 6.04 Å². The van der Waals surface area contributed by atoms with Gasteiger partial charge in [-0.2, -0.15) is 0 Å². The Balaban J connectivity index is 2.21. The number of benzene rings is 1. The van der Waals surface area contributed by atoms with Gasteiger partial charge in [-0.15, -0.1) is 0 Å². The highest BCUT2D eigenvalue weighted by atomic mass is 16.5. The fourth-order valence-corrected chi connectivity index (χ4v) is 3.30. The summed E-state index contributed by atoms with van der Waals surface area (Å²) < 4.78 is 5.27. The molecule has 118 valence electrons. The molecule has 3 heteroatoms. The van der Waals surface area contributed by atoms with Crippen molar-refractivity contribution in [2.24, 2.45) is 17.6 Å². The number of rotatable bonds is 5. The summed E-state index contributed by atoms with van der Waals surface area (Å²) in [6.07, 6.45) is 2.27. The molecule has 0 bridgehead atoms. The number of hydrogen-bond donors (Lipinski definition) is 1. The van der Waals surface area contributed by atoms with Gasteiger partial charge in [0.15, 0.2) is 0 Å². The second kappa shape index (κ2) is 7.28. The van der Waals surface area contributed by atoms with Crippen LogP contribution in [-0.4, -0.2) is 31.1 Å². The molecule has 4 atom stereocenters. The van der Waals surface area contributed by atoms with Crippen molar-refractivity contribution < 1.29 is 4.74 Å². The van der Waals surface area contributed by atoms with E-state index >= 15 is 0 Å². The van der Waals surface area contributed by atoms with Gasteiger partial charge in [-0.3, -0.25) is 4.90 Å². The Kier molecular flexibility index (Phi) is 5.65. The zero-order chi connectivity index (χ0) is 15.4. The molecule has 1 aliphatic heterocycles. The molecule has 1 fully saturated rings. The van der Waals surface area contributed by atoms with E-state index in [4.69, 9.17) is 10.5 Å². The van der Waals surface area contributed by atoms with E-state index in [0.717, 1.165) is 37.1 Å². The topological polar surface area (TPSA) is 38.5 Å². The van der Waals surface area contributed by atoms with E-state index < -0.39 is 0 Å². The van der Waals surface area contributed by atoms with Gasteiger partial charge in [-0.05, 0) is 48.9 Å². The first-order chi connectivity index (χ1) is 10.1. The van der Waals surface area contributed by atoms with Crippen molar-refractivity contribution in [1.82, 2.24) is 4.90 Å². The third-order valence-corrected chi connectivity index (χ3v) is 5.09. The summed E-state index contributed by atoms with van der Waals surface area (Å²) in [7, 11) is 1.71. The Morgan fingerprint density at radius 1 is 1.24 bits per heavy atom. The van der Waals surface area contributed by atoms with E-state index in [9.17, 15) is 0 Å². The summed E-state index contributed by atoms with van der Waals surface area (Å²) in [5, 5.41) is 0. The van der Waals surface area contributed by atoms with Crippen LogP contribution in [0.25, 0.3) is 0 Å². The normalized spacial score (nSPS) is 26.3. The summed E-state index contributed by atoms with van der Waals surface area (Å²) in [5.41, 5.74) is 7.77. The van der Waals surface area contributed by atoms with Crippen LogP contribution < -0.4 is 10.5 Å². The zero-order valence-electron chi connectivity index (χ0n) is 13.9. The molecule has 0 saturated carbocycles. The summed E-state index contributed by atoms with van der Waals surface area (Å²) in [5.74, 6) is 2.46. The van der Waals surface area contributed by atoms with Crippen LogP contribution in [0.15, 0.2) is 24.3 Å². The molecule has 1 saturated heterocycles. The average Bonchev–Trinajstić information content (AvgIpc) is 2.51. The van der Waals surface area contributed by atoms with Crippen molar-refractivity contribution in [3.05, 3.63) is 29.8 Å². The Morgan fingerprint density at radius 3 is 2.43 bits per heavy atom. The maximum Gasteiger partial charge on any atom is 0.118 e. The quantitative estimate of drug-likeness (QED) is 0.902. The van der Waals surface area contributed by atoms with Crippen molar-refractivity contribution in [2.45, 2.75) is 45.7 Å². The molecule has 1 aromatic carbocycles. The Morgan fingerprint density at radius 2 is 1.90 bits per heavy atom. The molecule has 4 unspecified atom stereocenters. The standard InChI is InChI=1S/C18H30N2O/c1-5-17(19)18(15-6-8-16(21-4)9-7-15)20-11-10-13(2)14(3)12-20/h6-9,13-14,17-18H,5,10-12,19H2,1-4H3. The number of nitrogens with zero attached hydrogens (tertiary/aromatic N) is 1. The monoisotopic (exact) mass is 290 g/mol. The van der Waals surface area contributed by atoms with Crippen LogP contribution in [0.5, 0.6) is 5.75 Å². The van der Waals surface area contributed by atoms with Crippen LogP contribution in [0.4, 0.5) is 0 Å². The highest BCUT2D eigenvalue weighted by molar-refractivity contribution is 5.30. The number of ether oxygens (including phenoxy) is 1. The van der Waals surface area contributed by atoms with Gasteiger partial charge in [0.25, 0.3) is 0 Å². The summed E-state index contributed by atoms with van der Waals surface area (Å²) in [4.78, 5) is 2.58. The lowest BCUT2D eigenvalue weighted by molar-refractivity contribution is 0.0816. The minimum absolute atomic E-state index is 0.180. The SMILES string of the molecule is CCC(N)C(c1ccc(OC)cc1)N1CCC(C)C(C)C1. The van der Waals surface area contributed by atoms with Crippen molar-refractivity contribution in [1.29, 1.82) is 0 Å². The summed E-state index contributed by atoms with van der Waals surface area (Å²) in [6.45, 7) is 9.20. The van der Waals surface area contributed by atoms with Crippen LogP contribution in [0, 0.1) is 11.8 Å². The van der Waals surface area contributed by atoms with Gasteiger partial charge in [-0.1, -0.05) is 32.9 Å². The van der Waals surface area contributed by atoms with Crippen molar-refractivity contribution in [3.63, 3.8) is 0 Å². The second-order valence-electron chi connectivity index (χ2n) is 6.53. The third kappa shape index (κ3) is 3.78. The number of hydrogen-bond acceptors (Lipinski definition) is 3. The lowest BCUT2D eigenvalue weighted by Gasteiger charge is -2.42. The molecule has 2 N–H and O–H groups in total. The van der Waals surface area contributed by atoms with E-state index in [1.165, 1.54) is 12.0 Å². The number of nitrogens with two attached hydrogens (primary N) is 1. The van der Waals surface area contributed by atoms with Crippen molar-refractivity contribution in [3.8, 4) is 5.75 Å². The number of likely N-dealkylation sites (tertiary alicyclic amines) is 1. The van der Waals surface area contributed by atoms with Crippen LogP contribution in [0.3, 0.4) is 0 Å². The second-order valence-corrected chi connectivity index (χ2v) is 6.53. The van der Waals surface area contributed by atoms with Gasteiger partial charge < -0.3 is 10.5 Å². The smallest absolute Gasteiger partial charge is 0.118 e. The summed E-state index contributed by atoms with van der Waals surface area (Å²) in [6, 6.07) is 8.92. The Bertz CT molecular complexity index is 431. The van der Waals surface area contributed by atoms with Gasteiger partial charge in [0.1, 0.15) is 5.75 Å². The molecule has 1 aromatic rings. The van der Waals surface area contributed by atoms with E-state index in [1.54, 1.807) is 7.11 Å². The first-order valence-electron chi connectivity index (χ1n) is 8.20. The highest BCUT2D eigenvalue weighted by Crippen LogP contribution is 2.32. The van der Waals surface area contributed by atoms with Crippen molar-refractivity contribution >= 4 is 0 Å². The molecule has 2 rings (SSSR count). The minimum atomic E-state index is 0.180. The minimum Gasteiger partial charge on any atom is -0.497 e. The number of methoxy groups -OCH3 is 1. The average molecular weight is 290 g/mol. The van der Waals surface area contributed by atoms with Crippen LogP contribution in [-0.2, 0) is 0 Å². The highest BCUT2D eigenvalue weighted by Gasteiger charge is 2.31. The molecule has 0 aromatic heterocycles. The predicted octanol–water partition coefficient (Wildman–Crippen LogP) is 3.45. The molecule has 0 radical (unpaired) electrons. The summed E-state index contributed by atoms with van der Waals surface area (Å²) >= 11 is 0. The van der Waals surface area contributed by atoms with E-state index in [2.05, 4.69) is 37.8 Å². The van der Waals surface area contributed by atoms with Gasteiger partial charge in [0.2, 0.25) is 0 Å². The van der Waals surface area contributed by atoms with Gasteiger partial charge in [-0.25, -0.2) is 0 Å². The molecule has 21 heavy (non-hydrogen) atoms. The molecule has 1 heterocycles. The van der Waals surface area contributed by atoms with E-state index in [0.29, 0.717) is 6.04 Å². The first kappa shape index (κ1) is 16.3. The molecule has 0 spiro atoms. The first-order valence-corrected chi connectivity index (χ1v) is 8.20. The lowest BCUT2D eigenvalue weighted by Crippen LogP contribution is -2.46. The maximum absolute atomic E-state index is 6.46. The number of piperidine rings is 1. The largest absolute Gasteiger partial charge is 0.497 e. The van der Waals surface area contributed by atoms with Gasteiger partial charge in [0, 0.05) is 18.6 Å². The molecular weight excluding hydrogens is 260 g/mol. The predicted molar refractivity (Wildman–Crippen MR) is 88.5 cm³/mol. The zero-order valence-corrected chi connectivity index (χ0v) is 13.9. The van der Waals surface area contributed by atoms with Gasteiger partial charge >= 0.3 is 0 Å². The van der Waals surface area contributed by atoms with Crippen LogP contribution >= 0.6 is 0 Å². The fraction of sp³-hybridized carbons (Fsp3) is 0.667. The molecule has 1 aliphatic rings. The maximum atomic E-state index is 6.46. The van der Waals surface area contributed by atoms with Crippen LogP contribution in [0.2, 0.25) is 0 Å². The third-order valence-electron chi connectivity index (χ3n) is 5.09. The molecule has 0 aliphatic carbocycles.